The van der Waals surface area contributed by atoms with Crippen molar-refractivity contribution in [3.8, 4) is 0 Å². The van der Waals surface area contributed by atoms with Crippen LogP contribution in [0.4, 0.5) is 0 Å². The van der Waals surface area contributed by atoms with Crippen LogP contribution in [0.2, 0.25) is 0 Å². The van der Waals surface area contributed by atoms with E-state index in [1.54, 1.807) is 6.92 Å². The third-order valence-electron chi connectivity index (χ3n) is 4.12. The first-order chi connectivity index (χ1) is 11.8. The van der Waals surface area contributed by atoms with Crippen molar-refractivity contribution < 1.29 is 23.2 Å². The van der Waals surface area contributed by atoms with E-state index in [9.17, 15) is 9.90 Å². The summed E-state index contributed by atoms with van der Waals surface area (Å²) in [4.78, 5) is 12.0. The molecule has 0 aromatic carbocycles. The van der Waals surface area contributed by atoms with Crippen molar-refractivity contribution in [3.05, 3.63) is 12.2 Å². The van der Waals surface area contributed by atoms with E-state index >= 15 is 0 Å². The van der Waals surface area contributed by atoms with E-state index in [-0.39, 0.29) is 11.7 Å². The van der Waals surface area contributed by atoms with Crippen LogP contribution in [-0.4, -0.2) is 45.2 Å². The highest BCUT2D eigenvalue weighted by Crippen LogP contribution is 2.21. The maximum Gasteiger partial charge on any atom is 0.531 e. The number of carbonyl (C=O) groups excluding carboxylic acids is 1. The van der Waals surface area contributed by atoms with E-state index in [1.165, 1.54) is 0 Å². The third kappa shape index (κ3) is 9.10. The largest absolute Gasteiger partial charge is 0.531 e. The van der Waals surface area contributed by atoms with Gasteiger partial charge >= 0.3 is 8.80 Å². The normalized spacial score (nSPS) is 14.3. The molecule has 0 aliphatic carbocycles. The Morgan fingerprint density at radius 3 is 1.92 bits per heavy atom. The van der Waals surface area contributed by atoms with Crippen LogP contribution in [0.3, 0.4) is 0 Å². The monoisotopic (exact) mass is 374 g/mol. The number of ketones is 1. The Balaban J connectivity index is 4.92. The average molecular weight is 375 g/mol. The van der Waals surface area contributed by atoms with E-state index in [0.717, 1.165) is 25.7 Å². The molecule has 0 aliphatic heterocycles. The van der Waals surface area contributed by atoms with E-state index in [1.807, 2.05) is 13.8 Å². The first-order valence-electron chi connectivity index (χ1n) is 9.64. The van der Waals surface area contributed by atoms with Gasteiger partial charge in [0.25, 0.3) is 0 Å². The molecule has 2 atom stereocenters. The summed E-state index contributed by atoms with van der Waals surface area (Å²) in [5.41, 5.74) is -0.184. The molecular weight excluding hydrogens is 336 g/mol. The number of rotatable bonds is 16. The molecule has 0 radical (unpaired) electrons. The average Bonchev–Trinajstić information content (AvgIpc) is 2.59. The van der Waals surface area contributed by atoms with Crippen LogP contribution in [0, 0.1) is 5.92 Å². The summed E-state index contributed by atoms with van der Waals surface area (Å²) in [5.74, 6) is -0.111. The summed E-state index contributed by atoms with van der Waals surface area (Å²) in [7, 11) is -3.18. The molecule has 0 heterocycles. The van der Waals surface area contributed by atoms with Gasteiger partial charge in [-0.3, -0.25) is 4.79 Å². The predicted octanol–water partition coefficient (Wildman–Crippen LogP) is 4.06. The molecule has 0 spiro atoms. The lowest BCUT2D eigenvalue weighted by atomic mass is 9.99. The van der Waals surface area contributed by atoms with Crippen LogP contribution in [0.25, 0.3) is 0 Å². The van der Waals surface area contributed by atoms with Crippen molar-refractivity contribution in [3.63, 3.8) is 0 Å². The number of aliphatic hydroxyl groups excluding tert-OH is 1. The Morgan fingerprint density at radius 1 is 1.04 bits per heavy atom. The smallest absolute Gasteiger partial charge is 0.389 e. The predicted molar refractivity (Wildman–Crippen MR) is 103 cm³/mol. The highest BCUT2D eigenvalue weighted by atomic mass is 28.4. The highest BCUT2D eigenvalue weighted by Gasteiger charge is 2.48. The standard InChI is InChI=1S/C19H38O5Si/c1-7-10-13-22-25(18(20)9-3,23-14-11-8-2)24-15-12-17(6)19(21)16(4)5/h17-18,20H,4,7-15H2,1-3,5-6H3. The van der Waals surface area contributed by atoms with Crippen molar-refractivity contribution in [1.82, 2.24) is 0 Å². The zero-order valence-electron chi connectivity index (χ0n) is 16.8. The second-order valence-corrected chi connectivity index (χ2v) is 9.35. The summed E-state index contributed by atoms with van der Waals surface area (Å²) in [6.07, 6.45) is 4.89. The molecule has 0 aliphatic rings. The number of Topliss-reactive ketones (excluding diaryl/α,β-unsaturated/α-hetero) is 1. The molecule has 0 aromatic heterocycles. The Bertz CT molecular complexity index is 376. The van der Waals surface area contributed by atoms with Gasteiger partial charge in [0.05, 0.1) is 0 Å². The molecule has 0 saturated heterocycles. The van der Waals surface area contributed by atoms with Gasteiger partial charge in [-0.25, -0.2) is 0 Å². The van der Waals surface area contributed by atoms with Crippen LogP contribution in [0.1, 0.15) is 73.1 Å². The number of allylic oxidation sites excluding steroid dienone is 1. The lowest BCUT2D eigenvalue weighted by molar-refractivity contribution is -0.119. The zero-order valence-corrected chi connectivity index (χ0v) is 17.8. The fourth-order valence-corrected chi connectivity index (χ4v) is 4.90. The van der Waals surface area contributed by atoms with E-state index in [2.05, 4.69) is 20.4 Å². The summed E-state index contributed by atoms with van der Waals surface area (Å²) < 4.78 is 18.0. The van der Waals surface area contributed by atoms with Crippen molar-refractivity contribution >= 4 is 14.6 Å². The number of aliphatic hydroxyl groups is 1. The van der Waals surface area contributed by atoms with Gasteiger partial charge in [-0.1, -0.05) is 47.1 Å². The SMILES string of the molecule is C=C(C)C(=O)C(C)CCO[Si](OCCCC)(OCCCC)C(O)CC. The minimum atomic E-state index is -3.18. The molecule has 148 valence electrons. The third-order valence-corrected chi connectivity index (χ3v) is 7.16. The van der Waals surface area contributed by atoms with Crippen LogP contribution in [0.15, 0.2) is 12.2 Å². The maximum absolute atomic E-state index is 12.0. The number of carbonyl (C=O) groups is 1. The number of hydrogen-bond acceptors (Lipinski definition) is 5. The summed E-state index contributed by atoms with van der Waals surface area (Å²) in [6, 6.07) is 0. The van der Waals surface area contributed by atoms with Gasteiger partial charge in [0.2, 0.25) is 0 Å². The molecule has 0 rings (SSSR count). The Labute approximate surface area is 155 Å². The van der Waals surface area contributed by atoms with Gasteiger partial charge in [-0.2, -0.15) is 0 Å². The van der Waals surface area contributed by atoms with Gasteiger partial charge in [0, 0.05) is 25.7 Å². The molecule has 25 heavy (non-hydrogen) atoms. The van der Waals surface area contributed by atoms with Crippen LogP contribution in [-0.2, 0) is 18.1 Å². The van der Waals surface area contributed by atoms with Crippen molar-refractivity contribution in [2.75, 3.05) is 19.8 Å². The van der Waals surface area contributed by atoms with Gasteiger partial charge in [-0.05, 0) is 38.2 Å². The minimum Gasteiger partial charge on any atom is -0.389 e. The van der Waals surface area contributed by atoms with Crippen LogP contribution in [0.5, 0.6) is 0 Å². The Hall–Kier alpha value is -0.533. The molecule has 6 heteroatoms. The van der Waals surface area contributed by atoms with Crippen LogP contribution < -0.4 is 0 Å². The molecule has 0 bridgehead atoms. The molecule has 0 aromatic rings. The van der Waals surface area contributed by atoms with Crippen molar-refractivity contribution in [1.29, 1.82) is 0 Å². The first-order valence-corrected chi connectivity index (χ1v) is 11.4. The van der Waals surface area contributed by atoms with Crippen LogP contribution >= 0.6 is 0 Å². The summed E-state index contributed by atoms with van der Waals surface area (Å²) >= 11 is 0. The quantitative estimate of drug-likeness (QED) is 0.251. The van der Waals surface area contributed by atoms with Gasteiger partial charge in [0.15, 0.2) is 5.78 Å². The van der Waals surface area contributed by atoms with Gasteiger partial charge in [-0.15, -0.1) is 0 Å². The fourth-order valence-electron chi connectivity index (χ4n) is 2.31. The molecule has 0 saturated carbocycles. The zero-order chi connectivity index (χ0) is 19.3. The Morgan fingerprint density at radius 2 is 1.52 bits per heavy atom. The Kier molecular flexibility index (Phi) is 13.4. The second kappa shape index (κ2) is 13.6. The lowest BCUT2D eigenvalue weighted by Crippen LogP contribution is -2.57. The second-order valence-electron chi connectivity index (χ2n) is 6.61. The molecule has 5 nitrogen and oxygen atoms in total. The topological polar surface area (TPSA) is 65.0 Å². The summed E-state index contributed by atoms with van der Waals surface area (Å²) in [6.45, 7) is 14.8. The molecule has 0 amide bonds. The van der Waals surface area contributed by atoms with Crippen molar-refractivity contribution in [2.45, 2.75) is 78.9 Å². The molecule has 0 fully saturated rings. The van der Waals surface area contributed by atoms with Crippen molar-refractivity contribution in [2.24, 2.45) is 5.92 Å². The minimum absolute atomic E-state index is 0.0470. The van der Waals surface area contributed by atoms with Gasteiger partial charge < -0.3 is 18.4 Å². The maximum atomic E-state index is 12.0. The number of unbranched alkanes of at least 4 members (excludes halogenated alkanes) is 2. The molecular formula is C19H38O5Si. The lowest BCUT2D eigenvalue weighted by Gasteiger charge is -2.33. The fraction of sp³-hybridized carbons (Fsp3) is 0.842. The summed E-state index contributed by atoms with van der Waals surface area (Å²) in [5, 5.41) is 10.5. The van der Waals surface area contributed by atoms with Gasteiger partial charge in [0.1, 0.15) is 5.73 Å². The molecule has 2 unspecified atom stereocenters. The van der Waals surface area contributed by atoms with E-state index < -0.39 is 14.5 Å². The highest BCUT2D eigenvalue weighted by molar-refractivity contribution is 6.62. The number of hydrogen-bond donors (Lipinski definition) is 1. The van der Waals surface area contributed by atoms with E-state index in [4.69, 9.17) is 13.3 Å². The first kappa shape index (κ1) is 24.5. The van der Waals surface area contributed by atoms with E-state index in [0.29, 0.717) is 38.2 Å². The molecule has 1 N–H and O–H groups in total.